The lowest BCUT2D eigenvalue weighted by molar-refractivity contribution is -0.115. The molecule has 2 aromatic rings. The highest BCUT2D eigenvalue weighted by atomic mass is 32.2. The fraction of sp³-hybridized carbons (Fsp3) is 0.211. The topological polar surface area (TPSA) is 60.3 Å². The molecule has 1 aliphatic heterocycles. The zero-order chi connectivity index (χ0) is 18.8. The second-order valence-electron chi connectivity index (χ2n) is 5.78. The van der Waals surface area contributed by atoms with E-state index in [-0.39, 0.29) is 11.9 Å². The molecule has 3 rings (SSSR count). The minimum Gasteiger partial charge on any atom is -0.462 e. The number of amides is 1. The first-order valence-corrected chi connectivity index (χ1v) is 9.34. The van der Waals surface area contributed by atoms with Crippen molar-refractivity contribution in [2.75, 3.05) is 6.61 Å². The molecule has 0 aliphatic carbocycles. The monoisotopic (exact) mass is 386 g/mol. The molecule has 7 heteroatoms. The van der Waals surface area contributed by atoms with Gasteiger partial charge in [0.15, 0.2) is 0 Å². The first-order valence-electron chi connectivity index (χ1n) is 8.12. The number of ether oxygens (including phenoxy) is 1. The number of thiocarbonyl (C=S) groups is 1. The van der Waals surface area contributed by atoms with Crippen LogP contribution in [-0.2, 0) is 9.53 Å². The molecular formula is C19H18N2O3S2. The number of hydrogen-bond donors (Lipinski definition) is 1. The summed E-state index contributed by atoms with van der Waals surface area (Å²) in [5.41, 5.74) is 4.29. The van der Waals surface area contributed by atoms with Crippen molar-refractivity contribution in [3.8, 4) is 5.69 Å². The van der Waals surface area contributed by atoms with Gasteiger partial charge in [-0.25, -0.2) is 4.79 Å². The van der Waals surface area contributed by atoms with Gasteiger partial charge in [-0.15, -0.1) is 0 Å². The summed E-state index contributed by atoms with van der Waals surface area (Å²) in [5.74, 6) is -0.513. The van der Waals surface area contributed by atoms with Crippen LogP contribution in [0.25, 0.3) is 11.8 Å². The van der Waals surface area contributed by atoms with Crippen LogP contribution >= 0.6 is 24.0 Å². The van der Waals surface area contributed by atoms with Crippen LogP contribution in [0.4, 0.5) is 0 Å². The second kappa shape index (κ2) is 7.47. The Bertz CT molecular complexity index is 944. The van der Waals surface area contributed by atoms with Crippen LogP contribution in [0.2, 0.25) is 0 Å². The van der Waals surface area contributed by atoms with Gasteiger partial charge in [0.25, 0.3) is 5.91 Å². The Morgan fingerprint density at radius 2 is 2.12 bits per heavy atom. The smallest absolute Gasteiger partial charge is 0.338 e. The molecule has 1 amide bonds. The Hall–Kier alpha value is -2.38. The summed E-state index contributed by atoms with van der Waals surface area (Å²) in [6.07, 6.45) is 1.84. The number of benzene rings is 1. The Morgan fingerprint density at radius 3 is 2.77 bits per heavy atom. The van der Waals surface area contributed by atoms with Gasteiger partial charge in [0, 0.05) is 17.1 Å². The van der Waals surface area contributed by atoms with Crippen LogP contribution in [0.5, 0.6) is 0 Å². The molecule has 26 heavy (non-hydrogen) atoms. The third kappa shape index (κ3) is 3.59. The van der Waals surface area contributed by atoms with E-state index >= 15 is 0 Å². The van der Waals surface area contributed by atoms with Crippen LogP contribution < -0.4 is 5.32 Å². The molecule has 1 fully saturated rings. The second-order valence-corrected chi connectivity index (χ2v) is 7.50. The van der Waals surface area contributed by atoms with E-state index in [1.807, 2.05) is 42.7 Å². The molecule has 0 atom stereocenters. The molecule has 1 aromatic heterocycles. The maximum Gasteiger partial charge on any atom is 0.338 e. The van der Waals surface area contributed by atoms with Crippen molar-refractivity contribution in [1.29, 1.82) is 0 Å². The molecule has 2 heterocycles. The highest BCUT2D eigenvalue weighted by Gasteiger charge is 2.23. The van der Waals surface area contributed by atoms with Crippen molar-refractivity contribution >= 4 is 46.3 Å². The number of aromatic nitrogens is 1. The molecule has 1 aliphatic rings. The number of hydrogen-bond acceptors (Lipinski definition) is 5. The maximum atomic E-state index is 12.0. The third-order valence-corrected chi connectivity index (χ3v) is 5.18. The number of nitrogens with one attached hydrogen (secondary N) is 1. The van der Waals surface area contributed by atoms with E-state index in [1.54, 1.807) is 19.1 Å². The average molecular weight is 386 g/mol. The van der Waals surface area contributed by atoms with Gasteiger partial charge in [0.1, 0.15) is 4.32 Å². The Labute approximate surface area is 161 Å². The number of rotatable bonds is 4. The number of thioether (sulfide) groups is 1. The van der Waals surface area contributed by atoms with Crippen LogP contribution in [0, 0.1) is 13.8 Å². The zero-order valence-electron chi connectivity index (χ0n) is 14.7. The van der Waals surface area contributed by atoms with Crippen LogP contribution in [0.15, 0.2) is 35.2 Å². The zero-order valence-corrected chi connectivity index (χ0v) is 16.3. The Morgan fingerprint density at radius 1 is 1.35 bits per heavy atom. The van der Waals surface area contributed by atoms with E-state index in [1.165, 1.54) is 11.8 Å². The molecule has 5 nitrogen and oxygen atoms in total. The van der Waals surface area contributed by atoms with E-state index < -0.39 is 0 Å². The molecule has 1 aromatic carbocycles. The van der Waals surface area contributed by atoms with Crippen LogP contribution in [0.1, 0.15) is 34.2 Å². The van der Waals surface area contributed by atoms with Gasteiger partial charge in [-0.05, 0) is 56.7 Å². The lowest BCUT2D eigenvalue weighted by atomic mass is 10.2. The van der Waals surface area contributed by atoms with Gasteiger partial charge in [-0.3, -0.25) is 4.79 Å². The normalized spacial score (nSPS) is 15.4. The van der Waals surface area contributed by atoms with Crippen LogP contribution in [-0.4, -0.2) is 27.4 Å². The average Bonchev–Trinajstić information content (AvgIpc) is 3.06. The summed E-state index contributed by atoms with van der Waals surface area (Å²) in [5, 5.41) is 2.62. The summed E-state index contributed by atoms with van der Waals surface area (Å²) >= 11 is 6.29. The summed E-state index contributed by atoms with van der Waals surface area (Å²) in [7, 11) is 0. The van der Waals surface area contributed by atoms with Gasteiger partial charge in [0.2, 0.25) is 0 Å². The fourth-order valence-electron chi connectivity index (χ4n) is 2.88. The number of aryl methyl sites for hydroxylation is 1. The predicted molar refractivity (Wildman–Crippen MR) is 108 cm³/mol. The molecule has 0 unspecified atom stereocenters. The highest BCUT2D eigenvalue weighted by Crippen LogP contribution is 2.29. The Balaban J connectivity index is 2.00. The number of carbonyl (C=O) groups is 2. The molecule has 0 bridgehead atoms. The van der Waals surface area contributed by atoms with Crippen molar-refractivity contribution in [3.63, 3.8) is 0 Å². The van der Waals surface area contributed by atoms with Crippen molar-refractivity contribution in [2.24, 2.45) is 0 Å². The van der Waals surface area contributed by atoms with Gasteiger partial charge >= 0.3 is 5.97 Å². The predicted octanol–water partition coefficient (Wildman–Crippen LogP) is 3.76. The van der Waals surface area contributed by atoms with E-state index in [0.717, 1.165) is 22.6 Å². The fourth-order valence-corrected chi connectivity index (χ4v) is 3.91. The first kappa shape index (κ1) is 18.4. The van der Waals surface area contributed by atoms with Crippen LogP contribution in [0.3, 0.4) is 0 Å². The largest absolute Gasteiger partial charge is 0.462 e. The molecule has 1 saturated heterocycles. The van der Waals surface area contributed by atoms with Crippen molar-refractivity contribution < 1.29 is 14.3 Å². The molecule has 0 saturated carbocycles. The summed E-state index contributed by atoms with van der Waals surface area (Å²) < 4.78 is 7.59. The number of carbonyl (C=O) groups excluding carboxylic acids is 2. The number of esters is 1. The standard InChI is InChI=1S/C19H18N2O3S2/c1-4-24-18(23)13-6-5-7-15(9-13)21-11(2)8-14(12(21)3)10-16-17(22)20-19(25)26-16/h5-10H,4H2,1-3H3,(H,20,22,25). The van der Waals surface area contributed by atoms with Gasteiger partial charge < -0.3 is 14.6 Å². The van der Waals surface area contributed by atoms with Gasteiger partial charge in [-0.2, -0.15) is 0 Å². The summed E-state index contributed by atoms with van der Waals surface area (Å²) in [6, 6.07) is 9.32. The van der Waals surface area contributed by atoms with E-state index in [9.17, 15) is 9.59 Å². The molecule has 0 spiro atoms. The number of nitrogens with zero attached hydrogens (tertiary/aromatic N) is 1. The van der Waals surface area contributed by atoms with E-state index in [0.29, 0.717) is 21.4 Å². The van der Waals surface area contributed by atoms with Crippen molar-refractivity contribution in [3.05, 3.63) is 57.8 Å². The minimum absolute atomic E-state index is 0.172. The van der Waals surface area contributed by atoms with Gasteiger partial charge in [0.05, 0.1) is 17.1 Å². The SMILES string of the molecule is CCOC(=O)c1cccc(-n2c(C)cc(C=C3SC(=S)NC3=O)c2C)c1. The van der Waals surface area contributed by atoms with Crippen molar-refractivity contribution in [1.82, 2.24) is 9.88 Å². The summed E-state index contributed by atoms with van der Waals surface area (Å²) in [6.45, 7) is 6.08. The quantitative estimate of drug-likeness (QED) is 0.493. The lowest BCUT2D eigenvalue weighted by Gasteiger charge is -2.11. The minimum atomic E-state index is -0.341. The van der Waals surface area contributed by atoms with E-state index in [4.69, 9.17) is 17.0 Å². The van der Waals surface area contributed by atoms with Gasteiger partial charge in [-0.1, -0.05) is 30.0 Å². The highest BCUT2D eigenvalue weighted by molar-refractivity contribution is 8.26. The molecular weight excluding hydrogens is 368 g/mol. The molecule has 0 radical (unpaired) electrons. The maximum absolute atomic E-state index is 12.0. The van der Waals surface area contributed by atoms with E-state index in [2.05, 4.69) is 5.32 Å². The lowest BCUT2D eigenvalue weighted by Crippen LogP contribution is -2.17. The third-order valence-electron chi connectivity index (χ3n) is 4.01. The summed E-state index contributed by atoms with van der Waals surface area (Å²) in [4.78, 5) is 24.5. The first-order chi connectivity index (χ1) is 12.4. The Kier molecular flexibility index (Phi) is 5.29. The molecule has 134 valence electrons. The molecule has 1 N–H and O–H groups in total. The van der Waals surface area contributed by atoms with Crippen molar-refractivity contribution in [2.45, 2.75) is 20.8 Å².